The molecule has 3 aromatic rings. The Bertz CT molecular complexity index is 1030. The highest BCUT2D eigenvalue weighted by Crippen LogP contribution is 2.28. The number of aryl methyl sites for hydroxylation is 2. The van der Waals surface area contributed by atoms with Gasteiger partial charge in [0.1, 0.15) is 30.3 Å². The summed E-state index contributed by atoms with van der Waals surface area (Å²) in [5, 5.41) is 12.0. The van der Waals surface area contributed by atoms with E-state index in [1.165, 1.54) is 5.56 Å². The Labute approximate surface area is 200 Å². The van der Waals surface area contributed by atoms with Gasteiger partial charge in [-0.15, -0.1) is 0 Å². The molecule has 0 aliphatic carbocycles. The maximum absolute atomic E-state index is 11.2. The van der Waals surface area contributed by atoms with Gasteiger partial charge in [-0.1, -0.05) is 23.7 Å². The number of aliphatic hydroxyl groups is 1. The van der Waals surface area contributed by atoms with Crippen LogP contribution in [0.1, 0.15) is 29.5 Å². The Kier molecular flexibility index (Phi) is 7.58. The Morgan fingerprint density at radius 2 is 1.94 bits per heavy atom. The highest BCUT2D eigenvalue weighted by molar-refractivity contribution is 6.32. The van der Waals surface area contributed by atoms with E-state index >= 15 is 0 Å². The standard InChI is InChI=1S/C26H32ClN3O3/c1-20-13-24(14-21(2)25(20)27)33-18-26(31)7-4-9-30(17-26)16-22-5-3-6-23(15-22)32-12-11-29-10-8-28-19-29/h3,5-6,8,10,13-15,19,31H,4,7,9,11-12,16-18H2,1-2H3/t26-/m0/s1. The molecule has 6 nitrogen and oxygen atoms in total. The van der Waals surface area contributed by atoms with Gasteiger partial charge in [0.15, 0.2) is 0 Å². The van der Waals surface area contributed by atoms with E-state index in [0.29, 0.717) is 13.2 Å². The number of β-amino-alcohol motifs (C(OH)–C–C–N with tert-alkyl or cyclic N) is 1. The Morgan fingerprint density at radius 3 is 2.70 bits per heavy atom. The summed E-state index contributed by atoms with van der Waals surface area (Å²) in [7, 11) is 0. The zero-order chi connectivity index (χ0) is 23.3. The van der Waals surface area contributed by atoms with Crippen LogP contribution in [0.3, 0.4) is 0 Å². The number of ether oxygens (including phenoxy) is 2. The number of likely N-dealkylation sites (tertiary alicyclic amines) is 1. The predicted octanol–water partition coefficient (Wildman–Crippen LogP) is 4.64. The van der Waals surface area contributed by atoms with Crippen LogP contribution < -0.4 is 9.47 Å². The molecular weight excluding hydrogens is 438 g/mol. The third-order valence-electron chi connectivity index (χ3n) is 6.03. The monoisotopic (exact) mass is 469 g/mol. The van der Waals surface area contributed by atoms with Gasteiger partial charge in [-0.2, -0.15) is 0 Å². The number of hydrogen-bond donors (Lipinski definition) is 1. The minimum absolute atomic E-state index is 0.265. The van der Waals surface area contributed by atoms with Crippen molar-refractivity contribution in [2.45, 2.75) is 45.4 Å². The number of benzene rings is 2. The van der Waals surface area contributed by atoms with Crippen LogP contribution in [0.2, 0.25) is 5.02 Å². The van der Waals surface area contributed by atoms with Gasteiger partial charge in [0.25, 0.3) is 0 Å². The smallest absolute Gasteiger partial charge is 0.120 e. The van der Waals surface area contributed by atoms with E-state index in [0.717, 1.165) is 60.1 Å². The maximum Gasteiger partial charge on any atom is 0.120 e. The molecule has 33 heavy (non-hydrogen) atoms. The van der Waals surface area contributed by atoms with Crippen molar-refractivity contribution < 1.29 is 14.6 Å². The van der Waals surface area contributed by atoms with Crippen molar-refractivity contribution in [3.05, 3.63) is 76.8 Å². The van der Waals surface area contributed by atoms with Crippen molar-refractivity contribution in [1.29, 1.82) is 0 Å². The molecule has 0 amide bonds. The molecule has 2 aromatic carbocycles. The first-order valence-corrected chi connectivity index (χ1v) is 11.8. The van der Waals surface area contributed by atoms with E-state index in [4.69, 9.17) is 21.1 Å². The Balaban J connectivity index is 1.30. The molecular formula is C26H32ClN3O3. The van der Waals surface area contributed by atoms with Gasteiger partial charge in [-0.3, -0.25) is 4.90 Å². The van der Waals surface area contributed by atoms with Gasteiger partial charge in [0.05, 0.1) is 12.9 Å². The van der Waals surface area contributed by atoms with Gasteiger partial charge < -0.3 is 19.1 Å². The molecule has 0 spiro atoms. The molecule has 1 fully saturated rings. The SMILES string of the molecule is Cc1cc(OC[C@]2(O)CCCN(Cc3cccc(OCCn4ccnc4)c3)C2)cc(C)c1Cl. The Hall–Kier alpha value is -2.54. The Morgan fingerprint density at radius 1 is 1.12 bits per heavy atom. The topological polar surface area (TPSA) is 59.8 Å². The maximum atomic E-state index is 11.2. The summed E-state index contributed by atoms with van der Waals surface area (Å²) in [6.45, 7) is 7.84. The minimum Gasteiger partial charge on any atom is -0.492 e. The van der Waals surface area contributed by atoms with Crippen molar-refractivity contribution in [3.8, 4) is 11.5 Å². The fraction of sp³-hybridized carbons (Fsp3) is 0.423. The molecule has 4 rings (SSSR count). The van der Waals surface area contributed by atoms with Crippen molar-refractivity contribution in [3.63, 3.8) is 0 Å². The van der Waals surface area contributed by atoms with Gasteiger partial charge in [0.2, 0.25) is 0 Å². The summed E-state index contributed by atoms with van der Waals surface area (Å²) < 4.78 is 13.9. The summed E-state index contributed by atoms with van der Waals surface area (Å²) in [4.78, 5) is 6.33. The van der Waals surface area contributed by atoms with Crippen LogP contribution in [-0.4, -0.2) is 51.5 Å². The van der Waals surface area contributed by atoms with Crippen molar-refractivity contribution in [2.24, 2.45) is 0 Å². The zero-order valence-electron chi connectivity index (χ0n) is 19.3. The van der Waals surface area contributed by atoms with Gasteiger partial charge in [-0.25, -0.2) is 4.98 Å². The normalized spacial score (nSPS) is 18.9. The summed E-state index contributed by atoms with van der Waals surface area (Å²) in [6.07, 6.45) is 7.14. The summed E-state index contributed by atoms with van der Waals surface area (Å²) in [5.41, 5.74) is 2.26. The lowest BCUT2D eigenvalue weighted by molar-refractivity contribution is -0.0621. The quantitative estimate of drug-likeness (QED) is 0.494. The first-order chi connectivity index (χ1) is 15.9. The lowest BCUT2D eigenvalue weighted by atomic mass is 9.93. The lowest BCUT2D eigenvalue weighted by Gasteiger charge is -2.39. The molecule has 2 heterocycles. The predicted molar refractivity (Wildman–Crippen MR) is 130 cm³/mol. The van der Waals surface area contributed by atoms with Crippen LogP contribution in [0.4, 0.5) is 0 Å². The second-order valence-electron chi connectivity index (χ2n) is 8.99. The molecule has 0 unspecified atom stereocenters. The third-order valence-corrected chi connectivity index (χ3v) is 6.63. The van der Waals surface area contributed by atoms with Gasteiger partial charge in [0, 0.05) is 30.5 Å². The molecule has 1 N–H and O–H groups in total. The van der Waals surface area contributed by atoms with E-state index < -0.39 is 5.60 Å². The summed E-state index contributed by atoms with van der Waals surface area (Å²) in [6, 6.07) is 12.0. The molecule has 0 saturated carbocycles. The minimum atomic E-state index is -0.876. The van der Waals surface area contributed by atoms with Crippen LogP contribution in [-0.2, 0) is 13.1 Å². The van der Waals surface area contributed by atoms with Crippen molar-refractivity contribution >= 4 is 11.6 Å². The van der Waals surface area contributed by atoms with E-state index in [9.17, 15) is 5.11 Å². The molecule has 1 aliphatic rings. The number of aromatic nitrogens is 2. The van der Waals surface area contributed by atoms with Crippen molar-refractivity contribution in [2.75, 3.05) is 26.3 Å². The summed E-state index contributed by atoms with van der Waals surface area (Å²) >= 11 is 6.26. The second kappa shape index (κ2) is 10.6. The van der Waals surface area contributed by atoms with Gasteiger partial charge >= 0.3 is 0 Å². The molecule has 0 radical (unpaired) electrons. The van der Waals surface area contributed by atoms with E-state index in [2.05, 4.69) is 22.0 Å². The number of halogens is 1. The highest BCUT2D eigenvalue weighted by Gasteiger charge is 2.34. The zero-order valence-corrected chi connectivity index (χ0v) is 20.1. The number of nitrogens with zero attached hydrogens (tertiary/aromatic N) is 3. The fourth-order valence-electron chi connectivity index (χ4n) is 4.35. The average Bonchev–Trinajstić information content (AvgIpc) is 3.30. The fourth-order valence-corrected chi connectivity index (χ4v) is 4.45. The molecule has 0 bridgehead atoms. The summed E-state index contributed by atoms with van der Waals surface area (Å²) in [5.74, 6) is 1.61. The number of piperidine rings is 1. The first kappa shape index (κ1) is 23.6. The van der Waals surface area contributed by atoms with E-state index in [1.54, 1.807) is 12.5 Å². The lowest BCUT2D eigenvalue weighted by Crippen LogP contribution is -2.51. The number of rotatable bonds is 9. The first-order valence-electron chi connectivity index (χ1n) is 11.4. The van der Waals surface area contributed by atoms with Crippen molar-refractivity contribution in [1.82, 2.24) is 14.5 Å². The van der Waals surface area contributed by atoms with E-state index in [1.807, 2.05) is 48.9 Å². The number of imidazole rings is 1. The third kappa shape index (κ3) is 6.50. The number of hydrogen-bond acceptors (Lipinski definition) is 5. The van der Waals surface area contributed by atoms with Crippen LogP contribution in [0.5, 0.6) is 11.5 Å². The van der Waals surface area contributed by atoms with Crippen LogP contribution in [0, 0.1) is 13.8 Å². The molecule has 1 aromatic heterocycles. The largest absolute Gasteiger partial charge is 0.492 e. The second-order valence-corrected chi connectivity index (χ2v) is 9.37. The molecule has 176 valence electrons. The van der Waals surface area contributed by atoms with Gasteiger partial charge in [-0.05, 0) is 74.2 Å². The van der Waals surface area contributed by atoms with Crippen LogP contribution in [0.25, 0.3) is 0 Å². The van der Waals surface area contributed by atoms with E-state index in [-0.39, 0.29) is 6.61 Å². The molecule has 7 heteroatoms. The molecule has 1 atom stereocenters. The van der Waals surface area contributed by atoms with Crippen LogP contribution in [0.15, 0.2) is 55.1 Å². The average molecular weight is 470 g/mol. The van der Waals surface area contributed by atoms with Crippen LogP contribution >= 0.6 is 11.6 Å². The highest BCUT2D eigenvalue weighted by atomic mass is 35.5. The molecule has 1 aliphatic heterocycles. The molecule has 1 saturated heterocycles.